The lowest BCUT2D eigenvalue weighted by Gasteiger charge is -2.17. The zero-order valence-corrected chi connectivity index (χ0v) is 13.6. The largest absolute Gasteiger partial charge is 0.453 e. The van der Waals surface area contributed by atoms with Gasteiger partial charge in [0.25, 0.3) is 0 Å². The van der Waals surface area contributed by atoms with Crippen LogP contribution in [0.25, 0.3) is 0 Å². The number of carbonyl (C=O) groups is 1. The third-order valence-electron chi connectivity index (χ3n) is 3.67. The summed E-state index contributed by atoms with van der Waals surface area (Å²) >= 11 is 0. The van der Waals surface area contributed by atoms with Crippen LogP contribution in [0.5, 0.6) is 5.75 Å². The molecule has 0 N–H and O–H groups in total. The van der Waals surface area contributed by atoms with Crippen LogP contribution >= 0.6 is 0 Å². The lowest BCUT2D eigenvalue weighted by atomic mass is 10.1. The predicted octanol–water partition coefficient (Wildman–Crippen LogP) is 2.52. The van der Waals surface area contributed by atoms with Crippen LogP contribution in [0.3, 0.4) is 0 Å². The molecular weight excluding hydrogens is 316 g/mol. The maximum absolute atomic E-state index is 12.3. The number of esters is 1. The van der Waals surface area contributed by atoms with E-state index in [0.29, 0.717) is 12.0 Å². The summed E-state index contributed by atoms with van der Waals surface area (Å²) in [7, 11) is -3.40. The average molecular weight is 332 g/mol. The third-order valence-corrected chi connectivity index (χ3v) is 4.79. The first-order valence-electron chi connectivity index (χ1n) is 7.11. The van der Waals surface area contributed by atoms with E-state index >= 15 is 0 Å². The summed E-state index contributed by atoms with van der Waals surface area (Å²) in [6.07, 6.45) is 0.576. The molecule has 0 saturated heterocycles. The summed E-state index contributed by atoms with van der Waals surface area (Å²) in [6, 6.07) is 12.0. The Morgan fingerprint density at radius 3 is 2.65 bits per heavy atom. The minimum atomic E-state index is -3.40. The van der Waals surface area contributed by atoms with E-state index < -0.39 is 22.1 Å². The Hall–Kier alpha value is -2.34. The van der Waals surface area contributed by atoms with Crippen LogP contribution in [-0.2, 0) is 21.0 Å². The van der Waals surface area contributed by atoms with E-state index in [-0.39, 0.29) is 10.6 Å². The molecule has 2 aliphatic heterocycles. The number of benzene rings is 2. The predicted molar refractivity (Wildman–Crippen MR) is 84.3 cm³/mol. The number of ether oxygens (including phenoxy) is 2. The highest BCUT2D eigenvalue weighted by molar-refractivity contribution is 7.90. The maximum Gasteiger partial charge on any atom is 0.341 e. The van der Waals surface area contributed by atoms with Crippen LogP contribution < -0.4 is 4.74 Å². The Balaban J connectivity index is 1.83. The molecule has 0 aliphatic carbocycles. The molecule has 0 spiro atoms. The lowest BCUT2D eigenvalue weighted by molar-refractivity contribution is -0.0469. The zero-order valence-electron chi connectivity index (χ0n) is 12.8. The van der Waals surface area contributed by atoms with Gasteiger partial charge in [-0.15, -0.1) is 0 Å². The molecule has 0 radical (unpaired) electrons. The number of sulfone groups is 1. The Labute approximate surface area is 134 Å². The van der Waals surface area contributed by atoms with E-state index in [9.17, 15) is 13.2 Å². The minimum Gasteiger partial charge on any atom is -0.453 e. The highest BCUT2D eigenvalue weighted by atomic mass is 32.2. The van der Waals surface area contributed by atoms with E-state index in [1.807, 2.05) is 19.1 Å². The molecule has 6 heteroatoms. The van der Waals surface area contributed by atoms with Crippen molar-refractivity contribution in [3.8, 4) is 5.75 Å². The molecule has 2 bridgehead atoms. The van der Waals surface area contributed by atoms with E-state index in [0.717, 1.165) is 17.4 Å². The second-order valence-corrected chi connectivity index (χ2v) is 7.51. The molecule has 23 heavy (non-hydrogen) atoms. The summed E-state index contributed by atoms with van der Waals surface area (Å²) < 4.78 is 34.6. The summed E-state index contributed by atoms with van der Waals surface area (Å²) in [6.45, 7) is 1.82. The van der Waals surface area contributed by atoms with Gasteiger partial charge in [-0.3, -0.25) is 0 Å². The normalized spacial score (nSPS) is 16.5. The smallest absolute Gasteiger partial charge is 0.341 e. The van der Waals surface area contributed by atoms with Gasteiger partial charge < -0.3 is 9.47 Å². The Morgan fingerprint density at radius 1 is 1.22 bits per heavy atom. The molecule has 2 aromatic rings. The maximum atomic E-state index is 12.3. The van der Waals surface area contributed by atoms with Crippen molar-refractivity contribution < 1.29 is 22.7 Å². The molecule has 4 rings (SSSR count). The third kappa shape index (κ3) is 3.22. The van der Waals surface area contributed by atoms with Crippen molar-refractivity contribution >= 4 is 15.8 Å². The SMILES string of the molecule is Cc1ccccc1C(=O)OC1Cc2ccc(c(S(C)(=O)=O)c2)O1. The van der Waals surface area contributed by atoms with Gasteiger partial charge in [0.05, 0.1) is 5.56 Å². The quantitative estimate of drug-likeness (QED) is 0.808. The van der Waals surface area contributed by atoms with Crippen LogP contribution in [0.1, 0.15) is 21.5 Å². The molecule has 5 nitrogen and oxygen atoms in total. The van der Waals surface area contributed by atoms with Gasteiger partial charge in [-0.25, -0.2) is 13.2 Å². The van der Waals surface area contributed by atoms with Gasteiger partial charge in [0.1, 0.15) is 10.6 Å². The second-order valence-electron chi connectivity index (χ2n) is 5.53. The summed E-state index contributed by atoms with van der Waals surface area (Å²) in [5.74, 6) is -0.284. The summed E-state index contributed by atoms with van der Waals surface area (Å²) in [4.78, 5) is 12.4. The lowest BCUT2D eigenvalue weighted by Crippen LogP contribution is -2.26. The first-order valence-corrected chi connectivity index (χ1v) is 9.00. The van der Waals surface area contributed by atoms with Gasteiger partial charge in [0.2, 0.25) is 6.29 Å². The molecule has 2 heterocycles. The number of aryl methyl sites for hydroxylation is 1. The highest BCUT2D eigenvalue weighted by Gasteiger charge is 2.27. The molecule has 120 valence electrons. The van der Waals surface area contributed by atoms with Crippen LogP contribution in [0.4, 0.5) is 0 Å². The first kappa shape index (κ1) is 15.6. The summed E-state index contributed by atoms with van der Waals surface area (Å²) in [5, 5.41) is 0. The van der Waals surface area contributed by atoms with Crippen LogP contribution in [-0.4, -0.2) is 26.9 Å². The van der Waals surface area contributed by atoms with E-state index in [4.69, 9.17) is 9.47 Å². The van der Waals surface area contributed by atoms with Gasteiger partial charge in [0, 0.05) is 12.7 Å². The number of hydrogen-bond donors (Lipinski definition) is 0. The van der Waals surface area contributed by atoms with Crippen LogP contribution in [0.15, 0.2) is 47.4 Å². The van der Waals surface area contributed by atoms with Gasteiger partial charge in [0.15, 0.2) is 9.84 Å². The highest BCUT2D eigenvalue weighted by Crippen LogP contribution is 2.31. The van der Waals surface area contributed by atoms with Gasteiger partial charge in [-0.2, -0.15) is 0 Å². The van der Waals surface area contributed by atoms with Gasteiger partial charge in [-0.05, 0) is 36.2 Å². The first-order chi connectivity index (χ1) is 10.8. The Kier molecular flexibility index (Phi) is 3.85. The monoisotopic (exact) mass is 332 g/mol. The van der Waals surface area contributed by atoms with E-state index in [2.05, 4.69) is 0 Å². The zero-order chi connectivity index (χ0) is 16.6. The topological polar surface area (TPSA) is 69.7 Å². The fraction of sp³-hybridized carbons (Fsp3) is 0.235. The summed E-state index contributed by atoms with van der Waals surface area (Å²) in [5.41, 5.74) is 2.02. The number of rotatable bonds is 3. The van der Waals surface area contributed by atoms with E-state index in [1.165, 1.54) is 0 Å². The molecule has 0 saturated carbocycles. The Morgan fingerprint density at radius 2 is 1.96 bits per heavy atom. The fourth-order valence-corrected chi connectivity index (χ4v) is 3.34. The molecule has 2 aromatic carbocycles. The molecule has 0 fully saturated rings. The molecule has 0 aromatic heterocycles. The molecular formula is C17H16O5S. The van der Waals surface area contributed by atoms with Crippen molar-refractivity contribution in [3.63, 3.8) is 0 Å². The van der Waals surface area contributed by atoms with Crippen molar-refractivity contribution in [2.24, 2.45) is 0 Å². The van der Waals surface area contributed by atoms with Crippen LogP contribution in [0.2, 0.25) is 0 Å². The number of fused-ring (bicyclic) bond motifs is 4. The molecule has 2 aliphatic rings. The van der Waals surface area contributed by atoms with E-state index in [1.54, 1.807) is 30.3 Å². The molecule has 1 unspecified atom stereocenters. The van der Waals surface area contributed by atoms with Crippen molar-refractivity contribution in [2.75, 3.05) is 6.26 Å². The number of hydrogen-bond acceptors (Lipinski definition) is 5. The van der Waals surface area contributed by atoms with Crippen molar-refractivity contribution in [3.05, 3.63) is 59.2 Å². The average Bonchev–Trinajstić information content (AvgIpc) is 2.77. The Bertz CT molecular complexity index is 870. The van der Waals surface area contributed by atoms with Crippen LogP contribution in [0, 0.1) is 6.92 Å². The number of carbonyl (C=O) groups excluding carboxylic acids is 1. The van der Waals surface area contributed by atoms with Crippen molar-refractivity contribution in [2.45, 2.75) is 24.5 Å². The van der Waals surface area contributed by atoms with Crippen molar-refractivity contribution in [1.82, 2.24) is 0 Å². The molecule has 1 atom stereocenters. The standard InChI is InChI=1S/C17H16O5S/c1-11-5-3-4-6-13(11)17(18)22-16-10-12-7-8-14(21-16)15(9-12)23(2,19)20/h3-9,16H,10H2,1-2H3. The second kappa shape index (κ2) is 5.70. The van der Waals surface area contributed by atoms with Gasteiger partial charge >= 0.3 is 5.97 Å². The van der Waals surface area contributed by atoms with Gasteiger partial charge in [-0.1, -0.05) is 24.3 Å². The minimum absolute atomic E-state index is 0.115. The van der Waals surface area contributed by atoms with Crippen molar-refractivity contribution in [1.29, 1.82) is 0 Å². The molecule has 0 amide bonds. The fourth-order valence-electron chi connectivity index (χ4n) is 2.49.